The Hall–Kier alpha value is -3.55. The van der Waals surface area contributed by atoms with Crippen LogP contribution >= 0.6 is 0 Å². The molecule has 8 heteroatoms. The number of anilines is 3. The van der Waals surface area contributed by atoms with Gasteiger partial charge >= 0.3 is 0 Å². The fourth-order valence-electron chi connectivity index (χ4n) is 2.50. The number of aromatic nitrogens is 3. The van der Waals surface area contributed by atoms with Gasteiger partial charge in [0.05, 0.1) is 0 Å². The van der Waals surface area contributed by atoms with E-state index in [0.29, 0.717) is 29.0 Å². The van der Waals surface area contributed by atoms with Crippen molar-refractivity contribution in [3.63, 3.8) is 0 Å². The van der Waals surface area contributed by atoms with Gasteiger partial charge in [-0.25, -0.2) is 0 Å². The van der Waals surface area contributed by atoms with Crippen LogP contribution in [0.2, 0.25) is 0 Å². The Kier molecular flexibility index (Phi) is 4.14. The molecule has 3 N–H and O–H groups in total. The van der Waals surface area contributed by atoms with Gasteiger partial charge in [-0.2, -0.15) is 15.0 Å². The van der Waals surface area contributed by atoms with E-state index in [0.717, 1.165) is 5.69 Å². The monoisotopic (exact) mass is 351 g/mol. The fraction of sp³-hybridized carbons (Fsp3) is 0.167. The first-order chi connectivity index (χ1) is 12.7. The summed E-state index contributed by atoms with van der Waals surface area (Å²) in [6.07, 6.45) is -0.433. The van der Waals surface area contributed by atoms with Crippen LogP contribution in [0.1, 0.15) is 18.9 Å². The number of para-hydroxylation sites is 1. The third-order valence-electron chi connectivity index (χ3n) is 3.72. The SMILES string of the molecule is C[C@H](Oc1ccc2c(c1)OCO2)c1nc(N)nc(Nc2ccccc2)n1. The summed E-state index contributed by atoms with van der Waals surface area (Å²) in [4.78, 5) is 12.7. The largest absolute Gasteiger partial charge is 0.483 e. The van der Waals surface area contributed by atoms with Crippen molar-refractivity contribution < 1.29 is 14.2 Å². The number of nitrogens with one attached hydrogen (secondary N) is 1. The summed E-state index contributed by atoms with van der Waals surface area (Å²) in [5, 5.41) is 3.10. The van der Waals surface area contributed by atoms with Crippen molar-refractivity contribution in [2.24, 2.45) is 0 Å². The third kappa shape index (κ3) is 3.44. The van der Waals surface area contributed by atoms with E-state index in [-0.39, 0.29) is 12.7 Å². The molecule has 0 saturated heterocycles. The summed E-state index contributed by atoms with van der Waals surface area (Å²) >= 11 is 0. The first-order valence-corrected chi connectivity index (χ1v) is 8.07. The Balaban J connectivity index is 1.53. The van der Waals surface area contributed by atoms with Gasteiger partial charge in [0.15, 0.2) is 23.4 Å². The van der Waals surface area contributed by atoms with Crippen LogP contribution in [0.25, 0.3) is 0 Å². The molecule has 2 aromatic carbocycles. The highest BCUT2D eigenvalue weighted by atomic mass is 16.7. The van der Waals surface area contributed by atoms with Crippen LogP contribution in [0.15, 0.2) is 48.5 Å². The van der Waals surface area contributed by atoms with Crippen LogP contribution in [0.5, 0.6) is 17.2 Å². The maximum Gasteiger partial charge on any atom is 0.232 e. The number of hydrogen-bond donors (Lipinski definition) is 2. The molecule has 0 unspecified atom stereocenters. The van der Waals surface area contributed by atoms with Gasteiger partial charge in [-0.05, 0) is 31.2 Å². The number of hydrogen-bond acceptors (Lipinski definition) is 8. The summed E-state index contributed by atoms with van der Waals surface area (Å²) in [5.41, 5.74) is 6.68. The van der Waals surface area contributed by atoms with Crippen LogP contribution in [0.3, 0.4) is 0 Å². The summed E-state index contributed by atoms with van der Waals surface area (Å²) in [6, 6.07) is 15.0. The molecule has 0 fully saturated rings. The molecular formula is C18H17N5O3. The summed E-state index contributed by atoms with van der Waals surface area (Å²) < 4.78 is 16.6. The molecule has 0 amide bonds. The van der Waals surface area contributed by atoms with E-state index < -0.39 is 6.10 Å². The smallest absolute Gasteiger partial charge is 0.232 e. The van der Waals surface area contributed by atoms with Crippen LogP contribution in [0, 0.1) is 0 Å². The van der Waals surface area contributed by atoms with E-state index in [1.807, 2.05) is 37.3 Å². The first kappa shape index (κ1) is 15.9. The molecular weight excluding hydrogens is 334 g/mol. The molecule has 0 aliphatic carbocycles. The normalized spacial score (nSPS) is 13.3. The molecule has 1 atom stereocenters. The minimum Gasteiger partial charge on any atom is -0.483 e. The zero-order chi connectivity index (χ0) is 17.9. The Bertz CT molecular complexity index is 920. The third-order valence-corrected chi connectivity index (χ3v) is 3.72. The molecule has 0 radical (unpaired) electrons. The molecule has 0 saturated carbocycles. The van der Waals surface area contributed by atoms with Crippen molar-refractivity contribution in [1.29, 1.82) is 0 Å². The number of rotatable bonds is 5. The van der Waals surface area contributed by atoms with Crippen molar-refractivity contribution >= 4 is 17.6 Å². The predicted octanol–water partition coefficient (Wildman–Crippen LogP) is 3.07. The van der Waals surface area contributed by atoms with Crippen LogP contribution in [-0.2, 0) is 0 Å². The second kappa shape index (κ2) is 6.75. The molecule has 8 nitrogen and oxygen atoms in total. The lowest BCUT2D eigenvalue weighted by Crippen LogP contribution is -2.13. The quantitative estimate of drug-likeness (QED) is 0.723. The Labute approximate surface area is 150 Å². The standard InChI is InChI=1S/C18H17N5O3/c1-11(26-13-7-8-14-15(9-13)25-10-24-14)16-21-17(19)23-18(22-16)20-12-5-3-2-4-6-12/h2-9,11H,10H2,1H3,(H3,19,20,21,22,23)/t11-/m0/s1. The maximum atomic E-state index is 5.91. The predicted molar refractivity (Wildman–Crippen MR) is 95.6 cm³/mol. The Morgan fingerprint density at radius 2 is 1.85 bits per heavy atom. The van der Waals surface area contributed by atoms with Crippen LogP contribution < -0.4 is 25.3 Å². The fourth-order valence-corrected chi connectivity index (χ4v) is 2.50. The van der Waals surface area contributed by atoms with Crippen LogP contribution in [-0.4, -0.2) is 21.7 Å². The van der Waals surface area contributed by atoms with E-state index in [9.17, 15) is 0 Å². The summed E-state index contributed by atoms with van der Waals surface area (Å²) in [6.45, 7) is 2.05. The van der Waals surface area contributed by atoms with Gasteiger partial charge in [0, 0.05) is 11.8 Å². The second-order valence-corrected chi connectivity index (χ2v) is 5.64. The zero-order valence-corrected chi connectivity index (χ0v) is 14.0. The van der Waals surface area contributed by atoms with Gasteiger partial charge in [0.1, 0.15) is 5.75 Å². The number of nitrogens with zero attached hydrogens (tertiary/aromatic N) is 3. The minimum atomic E-state index is -0.433. The van der Waals surface area contributed by atoms with E-state index in [1.54, 1.807) is 18.2 Å². The van der Waals surface area contributed by atoms with Gasteiger partial charge < -0.3 is 25.3 Å². The average Bonchev–Trinajstić information content (AvgIpc) is 3.10. The Morgan fingerprint density at radius 1 is 1.04 bits per heavy atom. The van der Waals surface area contributed by atoms with Gasteiger partial charge in [-0.15, -0.1) is 0 Å². The second-order valence-electron chi connectivity index (χ2n) is 5.64. The van der Waals surface area contributed by atoms with Gasteiger partial charge in [0.25, 0.3) is 0 Å². The lowest BCUT2D eigenvalue weighted by molar-refractivity contribution is 0.173. The average molecular weight is 351 g/mol. The number of ether oxygens (including phenoxy) is 3. The highest BCUT2D eigenvalue weighted by Gasteiger charge is 2.17. The topological polar surface area (TPSA) is 104 Å². The van der Waals surface area contributed by atoms with Crippen LogP contribution in [0.4, 0.5) is 17.6 Å². The summed E-state index contributed by atoms with van der Waals surface area (Å²) in [5.74, 6) is 2.88. The maximum absolute atomic E-state index is 5.91. The number of nitrogen functional groups attached to an aromatic ring is 1. The molecule has 1 aliphatic rings. The van der Waals surface area contributed by atoms with E-state index in [1.165, 1.54) is 0 Å². The molecule has 132 valence electrons. The van der Waals surface area contributed by atoms with Gasteiger partial charge in [-0.3, -0.25) is 0 Å². The van der Waals surface area contributed by atoms with Gasteiger partial charge in [0.2, 0.25) is 18.7 Å². The molecule has 3 aromatic rings. The van der Waals surface area contributed by atoms with Crippen molar-refractivity contribution in [2.75, 3.05) is 17.8 Å². The number of nitrogens with two attached hydrogens (primary N) is 1. The zero-order valence-electron chi connectivity index (χ0n) is 14.0. The molecule has 26 heavy (non-hydrogen) atoms. The Morgan fingerprint density at radius 3 is 2.69 bits per heavy atom. The molecule has 4 rings (SSSR count). The lowest BCUT2D eigenvalue weighted by atomic mass is 10.3. The van der Waals surface area contributed by atoms with Crippen molar-refractivity contribution in [1.82, 2.24) is 15.0 Å². The molecule has 1 aliphatic heterocycles. The van der Waals surface area contributed by atoms with E-state index >= 15 is 0 Å². The molecule has 2 heterocycles. The highest BCUT2D eigenvalue weighted by Crippen LogP contribution is 2.36. The molecule has 1 aromatic heterocycles. The van der Waals surface area contributed by atoms with Gasteiger partial charge in [-0.1, -0.05) is 18.2 Å². The minimum absolute atomic E-state index is 0.120. The molecule has 0 spiro atoms. The number of fused-ring (bicyclic) bond motifs is 1. The molecule has 0 bridgehead atoms. The van der Waals surface area contributed by atoms with E-state index in [4.69, 9.17) is 19.9 Å². The van der Waals surface area contributed by atoms with E-state index in [2.05, 4.69) is 20.3 Å². The summed E-state index contributed by atoms with van der Waals surface area (Å²) in [7, 11) is 0. The number of benzene rings is 2. The first-order valence-electron chi connectivity index (χ1n) is 8.07. The van der Waals surface area contributed by atoms with Crippen molar-refractivity contribution in [2.45, 2.75) is 13.0 Å². The van der Waals surface area contributed by atoms with Crippen molar-refractivity contribution in [3.05, 3.63) is 54.4 Å². The van der Waals surface area contributed by atoms with Crippen molar-refractivity contribution in [3.8, 4) is 17.2 Å². The highest BCUT2D eigenvalue weighted by molar-refractivity contribution is 5.53. The lowest BCUT2D eigenvalue weighted by Gasteiger charge is -2.15.